The van der Waals surface area contributed by atoms with Crippen molar-refractivity contribution in [3.63, 3.8) is 0 Å². The van der Waals surface area contributed by atoms with E-state index < -0.39 is 0 Å². The summed E-state index contributed by atoms with van der Waals surface area (Å²) in [6, 6.07) is 16.7. The third-order valence-electron chi connectivity index (χ3n) is 5.75. The predicted molar refractivity (Wildman–Crippen MR) is 119 cm³/mol. The van der Waals surface area contributed by atoms with E-state index in [9.17, 15) is 0 Å². The molecule has 4 heteroatoms. The SMILES string of the molecule is COc1ccc(C=NCC[C@H](c2ccccc2)[C@@H]2CCOC(C)(C)C2)cc1OC. The van der Waals surface area contributed by atoms with Gasteiger partial charge in [0.1, 0.15) is 0 Å². The molecule has 2 atom stereocenters. The molecule has 1 aliphatic rings. The molecule has 1 heterocycles. The molecule has 2 aromatic rings. The topological polar surface area (TPSA) is 40.0 Å². The van der Waals surface area contributed by atoms with Gasteiger partial charge >= 0.3 is 0 Å². The number of aliphatic imine (C=N–C) groups is 1. The summed E-state index contributed by atoms with van der Waals surface area (Å²) in [5.74, 6) is 2.58. The lowest BCUT2D eigenvalue weighted by molar-refractivity contribution is -0.0771. The minimum atomic E-state index is -0.0428. The molecule has 1 aliphatic heterocycles. The summed E-state index contributed by atoms with van der Waals surface area (Å²) < 4.78 is 16.6. The van der Waals surface area contributed by atoms with Crippen LogP contribution in [0.4, 0.5) is 0 Å². The third kappa shape index (κ3) is 5.83. The van der Waals surface area contributed by atoms with E-state index in [-0.39, 0.29) is 5.60 Å². The van der Waals surface area contributed by atoms with Crippen LogP contribution in [0.3, 0.4) is 0 Å². The second-order valence-corrected chi connectivity index (χ2v) is 8.32. The maximum atomic E-state index is 5.95. The van der Waals surface area contributed by atoms with Crippen molar-refractivity contribution in [3.05, 3.63) is 59.7 Å². The fraction of sp³-hybridized carbons (Fsp3) is 0.480. The molecule has 0 unspecified atom stereocenters. The summed E-state index contributed by atoms with van der Waals surface area (Å²) in [5.41, 5.74) is 2.39. The molecule has 2 aromatic carbocycles. The quantitative estimate of drug-likeness (QED) is 0.554. The molecule has 4 nitrogen and oxygen atoms in total. The van der Waals surface area contributed by atoms with Gasteiger partial charge < -0.3 is 14.2 Å². The second-order valence-electron chi connectivity index (χ2n) is 8.32. The van der Waals surface area contributed by atoms with Crippen molar-refractivity contribution in [1.29, 1.82) is 0 Å². The van der Waals surface area contributed by atoms with Crippen LogP contribution >= 0.6 is 0 Å². The summed E-state index contributed by atoms with van der Waals surface area (Å²) in [4.78, 5) is 4.72. The van der Waals surface area contributed by atoms with Gasteiger partial charge in [0.15, 0.2) is 11.5 Å². The van der Waals surface area contributed by atoms with E-state index in [4.69, 9.17) is 19.2 Å². The fourth-order valence-corrected chi connectivity index (χ4v) is 4.31. The maximum Gasteiger partial charge on any atom is 0.161 e. The Bertz CT molecular complexity index is 801. The number of benzene rings is 2. The van der Waals surface area contributed by atoms with E-state index in [1.54, 1.807) is 14.2 Å². The third-order valence-corrected chi connectivity index (χ3v) is 5.75. The van der Waals surface area contributed by atoms with Gasteiger partial charge in [-0.15, -0.1) is 0 Å². The van der Waals surface area contributed by atoms with Crippen molar-refractivity contribution in [3.8, 4) is 11.5 Å². The van der Waals surface area contributed by atoms with Crippen LogP contribution in [0.1, 0.15) is 50.2 Å². The van der Waals surface area contributed by atoms with Gasteiger partial charge in [0.25, 0.3) is 0 Å². The standard InChI is InChI=1S/C25H33NO3/c1-25(2)17-21(13-15-29-25)22(20-8-6-5-7-9-20)12-14-26-18-19-10-11-23(27-3)24(16-19)28-4/h5-11,16,18,21-22H,12-15,17H2,1-4H3/t21-,22-/m1/s1. The molecule has 0 bridgehead atoms. The Kier molecular flexibility index (Phi) is 7.32. The van der Waals surface area contributed by atoms with E-state index in [1.165, 1.54) is 5.56 Å². The Labute approximate surface area is 174 Å². The Morgan fingerprint density at radius 1 is 1.10 bits per heavy atom. The summed E-state index contributed by atoms with van der Waals surface area (Å²) in [7, 11) is 3.30. The van der Waals surface area contributed by atoms with Gasteiger partial charge in [0.05, 0.1) is 19.8 Å². The van der Waals surface area contributed by atoms with Crippen LogP contribution in [0.5, 0.6) is 11.5 Å². The lowest BCUT2D eigenvalue weighted by Crippen LogP contribution is -2.36. The smallest absolute Gasteiger partial charge is 0.161 e. The largest absolute Gasteiger partial charge is 0.493 e. The molecule has 0 amide bonds. The first-order chi connectivity index (χ1) is 14.0. The minimum absolute atomic E-state index is 0.0428. The maximum absolute atomic E-state index is 5.95. The van der Waals surface area contributed by atoms with E-state index in [0.29, 0.717) is 11.8 Å². The number of rotatable bonds is 8. The fourth-order valence-electron chi connectivity index (χ4n) is 4.31. The van der Waals surface area contributed by atoms with E-state index in [1.807, 2.05) is 24.4 Å². The average molecular weight is 396 g/mol. The Morgan fingerprint density at radius 2 is 1.86 bits per heavy atom. The minimum Gasteiger partial charge on any atom is -0.493 e. The summed E-state index contributed by atoms with van der Waals surface area (Å²) >= 11 is 0. The Hall–Kier alpha value is -2.33. The van der Waals surface area contributed by atoms with Gasteiger partial charge in [-0.3, -0.25) is 4.99 Å². The first kappa shape index (κ1) is 21.4. The highest BCUT2D eigenvalue weighted by molar-refractivity contribution is 5.80. The van der Waals surface area contributed by atoms with Gasteiger partial charge in [-0.2, -0.15) is 0 Å². The monoisotopic (exact) mass is 395 g/mol. The highest BCUT2D eigenvalue weighted by Crippen LogP contribution is 2.40. The number of hydrogen-bond acceptors (Lipinski definition) is 4. The summed E-state index contributed by atoms with van der Waals surface area (Å²) in [5, 5.41) is 0. The molecule has 0 aromatic heterocycles. The van der Waals surface area contributed by atoms with Crippen LogP contribution in [-0.4, -0.2) is 39.2 Å². The zero-order chi connectivity index (χ0) is 20.7. The molecule has 0 aliphatic carbocycles. The van der Waals surface area contributed by atoms with Crippen LogP contribution < -0.4 is 9.47 Å². The number of nitrogens with zero attached hydrogens (tertiary/aromatic N) is 1. The lowest BCUT2D eigenvalue weighted by Gasteiger charge is -2.39. The molecular weight excluding hydrogens is 362 g/mol. The van der Waals surface area contributed by atoms with Crippen LogP contribution in [0.25, 0.3) is 0 Å². The van der Waals surface area contributed by atoms with Gasteiger partial charge in [0.2, 0.25) is 0 Å². The molecule has 1 saturated heterocycles. The predicted octanol–water partition coefficient (Wildman–Crippen LogP) is 5.50. The van der Waals surface area contributed by atoms with Crippen LogP contribution in [-0.2, 0) is 4.74 Å². The zero-order valence-electron chi connectivity index (χ0n) is 18.1. The molecule has 0 radical (unpaired) electrons. The van der Waals surface area contributed by atoms with Crippen molar-refractivity contribution < 1.29 is 14.2 Å². The van der Waals surface area contributed by atoms with Crippen molar-refractivity contribution in [2.24, 2.45) is 10.9 Å². The van der Waals surface area contributed by atoms with Gasteiger partial charge in [-0.05, 0) is 74.3 Å². The van der Waals surface area contributed by atoms with Crippen molar-refractivity contribution in [2.75, 3.05) is 27.4 Å². The van der Waals surface area contributed by atoms with Crippen LogP contribution in [0.15, 0.2) is 53.5 Å². The summed E-state index contributed by atoms with van der Waals surface area (Å²) in [6.07, 6.45) is 5.17. The first-order valence-corrected chi connectivity index (χ1v) is 10.4. The molecule has 156 valence electrons. The number of hydrogen-bond donors (Lipinski definition) is 0. The molecule has 3 rings (SSSR count). The van der Waals surface area contributed by atoms with Crippen molar-refractivity contribution in [2.45, 2.75) is 44.6 Å². The first-order valence-electron chi connectivity index (χ1n) is 10.4. The molecule has 1 fully saturated rings. The molecular formula is C25H33NO3. The van der Waals surface area contributed by atoms with Gasteiger partial charge in [-0.1, -0.05) is 30.3 Å². The lowest BCUT2D eigenvalue weighted by atomic mass is 9.75. The normalized spacial score (nSPS) is 19.8. The molecule has 0 spiro atoms. The van der Waals surface area contributed by atoms with Crippen LogP contribution in [0.2, 0.25) is 0 Å². The van der Waals surface area contributed by atoms with Crippen molar-refractivity contribution >= 4 is 6.21 Å². The molecule has 0 saturated carbocycles. The van der Waals surface area contributed by atoms with Crippen LogP contribution in [0, 0.1) is 5.92 Å². The van der Waals surface area contributed by atoms with E-state index >= 15 is 0 Å². The highest BCUT2D eigenvalue weighted by Gasteiger charge is 2.33. The highest BCUT2D eigenvalue weighted by atomic mass is 16.5. The zero-order valence-corrected chi connectivity index (χ0v) is 18.1. The van der Waals surface area contributed by atoms with E-state index in [0.717, 1.165) is 49.5 Å². The second kappa shape index (κ2) is 9.93. The molecule has 0 N–H and O–H groups in total. The summed E-state index contributed by atoms with van der Waals surface area (Å²) in [6.45, 7) is 6.05. The Morgan fingerprint density at radius 3 is 2.55 bits per heavy atom. The molecule has 29 heavy (non-hydrogen) atoms. The number of methoxy groups -OCH3 is 2. The van der Waals surface area contributed by atoms with Gasteiger partial charge in [0, 0.05) is 19.4 Å². The van der Waals surface area contributed by atoms with Gasteiger partial charge in [-0.25, -0.2) is 0 Å². The number of ether oxygens (including phenoxy) is 3. The van der Waals surface area contributed by atoms with Crippen molar-refractivity contribution in [1.82, 2.24) is 0 Å². The average Bonchev–Trinajstić information content (AvgIpc) is 2.73. The Balaban J connectivity index is 1.68. The van der Waals surface area contributed by atoms with E-state index in [2.05, 4.69) is 44.2 Å².